The topological polar surface area (TPSA) is 174 Å². The highest BCUT2D eigenvalue weighted by Gasteiger charge is 2.60. The highest BCUT2D eigenvalue weighted by atomic mass is 16.7. The van der Waals surface area contributed by atoms with E-state index < -0.39 is 71.8 Å². The molecule has 15 heteroatoms. The number of benzene rings is 1. The highest BCUT2D eigenvalue weighted by molar-refractivity contribution is 5.91. The van der Waals surface area contributed by atoms with Gasteiger partial charge in [0.05, 0.1) is 67.3 Å². The molecular weight excluding hydrogens is 746 g/mol. The van der Waals surface area contributed by atoms with Gasteiger partial charge in [-0.3, -0.25) is 14.7 Å². The van der Waals surface area contributed by atoms with Crippen LogP contribution in [0.3, 0.4) is 0 Å². The third-order valence-electron chi connectivity index (χ3n) is 13.0. The van der Waals surface area contributed by atoms with Gasteiger partial charge in [0.2, 0.25) is 0 Å². The monoisotopic (exact) mass is 809 g/mol. The van der Waals surface area contributed by atoms with Crippen LogP contribution >= 0.6 is 0 Å². The van der Waals surface area contributed by atoms with Crippen LogP contribution in [0.4, 0.5) is 4.79 Å². The predicted molar refractivity (Wildman–Crippen MR) is 214 cm³/mol. The molecule has 14 atom stereocenters. The fourth-order valence-electron chi connectivity index (χ4n) is 10.1. The second-order valence-corrected chi connectivity index (χ2v) is 17.6. The average molecular weight is 810 g/mol. The van der Waals surface area contributed by atoms with Gasteiger partial charge in [-0.15, -0.1) is 0 Å². The number of hydrogen-bond acceptors (Lipinski definition) is 14. The van der Waals surface area contributed by atoms with Crippen LogP contribution in [0.15, 0.2) is 34.4 Å². The van der Waals surface area contributed by atoms with Gasteiger partial charge in [-0.2, -0.15) is 5.26 Å². The first-order valence-corrected chi connectivity index (χ1v) is 20.8. The van der Waals surface area contributed by atoms with Crippen LogP contribution in [0, 0.1) is 35.0 Å². The quantitative estimate of drug-likeness (QED) is 0.297. The Morgan fingerprint density at radius 2 is 1.88 bits per heavy atom. The van der Waals surface area contributed by atoms with E-state index in [0.717, 1.165) is 11.3 Å². The number of nitriles is 1. The molecular formula is C43H63N5O10. The average Bonchev–Trinajstić information content (AvgIpc) is 3.33. The number of amides is 1. The number of aliphatic imine (C=N–C) groups is 1. The van der Waals surface area contributed by atoms with E-state index in [1.807, 2.05) is 59.7 Å². The molecule has 0 unspecified atom stereocenters. The molecule has 1 N–H and O–H groups in total. The summed E-state index contributed by atoms with van der Waals surface area (Å²) in [6.07, 6.45) is -3.55. The fraction of sp³-hybridized carbons (Fsp3) is 0.744. The summed E-state index contributed by atoms with van der Waals surface area (Å²) < 4.78 is 39.7. The van der Waals surface area contributed by atoms with E-state index in [4.69, 9.17) is 38.3 Å². The second-order valence-electron chi connectivity index (χ2n) is 17.6. The normalized spacial score (nSPS) is 40.6. The molecule has 320 valence electrons. The minimum Gasteiger partial charge on any atom is -0.458 e. The lowest BCUT2D eigenvalue weighted by Crippen LogP contribution is -2.60. The Kier molecular flexibility index (Phi) is 13.6. The maximum atomic E-state index is 14.5. The summed E-state index contributed by atoms with van der Waals surface area (Å²) in [7, 11) is 3.86. The van der Waals surface area contributed by atoms with Gasteiger partial charge in [-0.25, -0.2) is 4.79 Å². The summed E-state index contributed by atoms with van der Waals surface area (Å²) >= 11 is 0. The van der Waals surface area contributed by atoms with E-state index in [9.17, 15) is 20.0 Å². The summed E-state index contributed by atoms with van der Waals surface area (Å²) in [6.45, 7) is 16.5. The van der Waals surface area contributed by atoms with Gasteiger partial charge >= 0.3 is 12.1 Å². The van der Waals surface area contributed by atoms with Crippen molar-refractivity contribution >= 4 is 23.5 Å². The number of carbonyl (C=O) groups is 2. The lowest BCUT2D eigenvalue weighted by Gasteiger charge is -2.48. The summed E-state index contributed by atoms with van der Waals surface area (Å²) in [6, 6.07) is 8.59. The number of esters is 1. The molecule has 0 radical (unpaired) electrons. The van der Waals surface area contributed by atoms with Crippen molar-refractivity contribution in [3.8, 4) is 6.07 Å². The van der Waals surface area contributed by atoms with E-state index in [0.29, 0.717) is 43.6 Å². The number of oxime groups is 1. The third-order valence-corrected chi connectivity index (χ3v) is 13.0. The van der Waals surface area contributed by atoms with Gasteiger partial charge in [-0.05, 0) is 84.7 Å². The molecule has 0 spiro atoms. The fourth-order valence-corrected chi connectivity index (χ4v) is 10.1. The predicted octanol–water partition coefficient (Wildman–Crippen LogP) is 4.72. The molecule has 15 nitrogen and oxygen atoms in total. The van der Waals surface area contributed by atoms with Gasteiger partial charge in [0.1, 0.15) is 24.5 Å². The van der Waals surface area contributed by atoms with Crippen LogP contribution in [0.25, 0.3) is 0 Å². The van der Waals surface area contributed by atoms with Gasteiger partial charge < -0.3 is 43.3 Å². The lowest BCUT2D eigenvalue weighted by molar-refractivity contribution is -0.302. The first kappa shape index (κ1) is 43.9. The zero-order chi connectivity index (χ0) is 42.1. The Hall–Kier alpha value is -3.65. The molecule has 58 heavy (non-hydrogen) atoms. The molecule has 0 aliphatic carbocycles. The molecule has 5 heterocycles. The standard InChI is InChI=1S/C43H63N5O10/c1-11-33-43(8)37-26(4)34(45-15-16-48(37)41(51)58-43)24(2)19-42(7)38(57-40-35(49)32(47(9)10)17-25(3)55-40)27(5)36(28(6)39(50)56-33)52-22-31(23-53-42)46-54-21-30-14-12-13-29(18-30)20-44/h12-14,18,24-28,32-33,35-38,40,49H,11,15-17,19,21-23H2,1-10H3/t24-,25+,26+,27-,28-,32-,33+,35+,36+,37-,38+,40-,42-,43-/m1/s1. The molecule has 1 aromatic rings. The molecule has 5 aliphatic rings. The molecule has 4 bridgehead atoms. The van der Waals surface area contributed by atoms with Crippen LogP contribution in [-0.4, -0.2) is 139 Å². The van der Waals surface area contributed by atoms with Crippen molar-refractivity contribution in [1.82, 2.24) is 9.80 Å². The maximum absolute atomic E-state index is 14.5. The number of aliphatic hydroxyl groups is 1. The van der Waals surface area contributed by atoms with Gasteiger partial charge in [-0.1, -0.05) is 45.0 Å². The Morgan fingerprint density at radius 1 is 1.12 bits per heavy atom. The highest BCUT2D eigenvalue weighted by Crippen LogP contribution is 2.45. The maximum Gasteiger partial charge on any atom is 0.410 e. The van der Waals surface area contributed by atoms with E-state index in [2.05, 4.69) is 25.1 Å². The van der Waals surface area contributed by atoms with Crippen LogP contribution in [0.2, 0.25) is 0 Å². The molecule has 4 saturated heterocycles. The van der Waals surface area contributed by atoms with Gasteiger partial charge in [0, 0.05) is 30.1 Å². The van der Waals surface area contributed by atoms with Crippen molar-refractivity contribution in [1.29, 1.82) is 5.26 Å². The molecule has 0 saturated carbocycles. The van der Waals surface area contributed by atoms with E-state index in [1.54, 1.807) is 30.0 Å². The van der Waals surface area contributed by atoms with Crippen molar-refractivity contribution < 1.29 is 48.0 Å². The van der Waals surface area contributed by atoms with Crippen molar-refractivity contribution in [2.45, 2.75) is 141 Å². The number of hydrogen-bond donors (Lipinski definition) is 1. The minimum atomic E-state index is -1.14. The minimum absolute atomic E-state index is 0.00113. The summed E-state index contributed by atoms with van der Waals surface area (Å²) in [5, 5.41) is 25.6. The number of fused-ring (bicyclic) bond motifs is 4. The van der Waals surface area contributed by atoms with Crippen LogP contribution in [-0.2, 0) is 44.7 Å². The summed E-state index contributed by atoms with van der Waals surface area (Å²) in [5.74, 6) is -2.32. The Morgan fingerprint density at radius 3 is 2.59 bits per heavy atom. The number of carbonyl (C=O) groups excluding carboxylic acids is 2. The number of rotatable bonds is 7. The Bertz CT molecular complexity index is 1750. The SMILES string of the molecule is CC[C@@H]1OC(=O)[C@H](C)[C@H]2OCC(=NOCc3cccc(C#N)c3)CO[C@](C)(C[C@@H](C)C3=NCCN4C(=O)O[C@@]1(C)[C@H]4[C@H]3C)[C@@H](O[C@H]1O[C@@H](C)C[C@@H](N(C)C)[C@@H]1O)[C@@H]2C. The summed E-state index contributed by atoms with van der Waals surface area (Å²) in [4.78, 5) is 42.7. The van der Waals surface area contributed by atoms with Crippen molar-refractivity contribution in [3.05, 3.63) is 35.4 Å². The van der Waals surface area contributed by atoms with Crippen LogP contribution < -0.4 is 0 Å². The van der Waals surface area contributed by atoms with E-state index in [1.165, 1.54) is 0 Å². The second kappa shape index (κ2) is 17.9. The van der Waals surface area contributed by atoms with Crippen molar-refractivity contribution in [3.63, 3.8) is 0 Å². The molecule has 1 aromatic carbocycles. The Labute approximate surface area is 342 Å². The molecule has 0 aromatic heterocycles. The van der Waals surface area contributed by atoms with E-state index >= 15 is 0 Å². The zero-order valence-corrected chi connectivity index (χ0v) is 35.8. The van der Waals surface area contributed by atoms with Crippen molar-refractivity contribution in [2.75, 3.05) is 40.4 Å². The number of aliphatic hydroxyl groups excluding tert-OH is 1. The number of ether oxygens (including phenoxy) is 6. The first-order valence-electron chi connectivity index (χ1n) is 20.8. The van der Waals surface area contributed by atoms with Crippen LogP contribution in [0.1, 0.15) is 85.8 Å². The number of nitrogens with zero attached hydrogens (tertiary/aromatic N) is 5. The summed E-state index contributed by atoms with van der Waals surface area (Å²) in [5.41, 5.74) is 0.388. The molecule has 5 aliphatic heterocycles. The Balaban J connectivity index is 1.45. The molecule has 4 fully saturated rings. The lowest BCUT2D eigenvalue weighted by atomic mass is 9.72. The molecule has 6 rings (SSSR count). The largest absolute Gasteiger partial charge is 0.458 e. The smallest absolute Gasteiger partial charge is 0.410 e. The van der Waals surface area contributed by atoms with Crippen molar-refractivity contribution in [2.24, 2.45) is 33.8 Å². The van der Waals surface area contributed by atoms with Gasteiger partial charge in [0.25, 0.3) is 0 Å². The van der Waals surface area contributed by atoms with Gasteiger partial charge in [0.15, 0.2) is 11.9 Å². The van der Waals surface area contributed by atoms with E-state index in [-0.39, 0.29) is 43.8 Å². The van der Waals surface area contributed by atoms with Crippen LogP contribution in [0.5, 0.6) is 0 Å². The zero-order valence-electron chi connectivity index (χ0n) is 35.8. The third kappa shape index (κ3) is 8.79. The number of cyclic esters (lactones) is 1. The molecule has 1 amide bonds. The number of likely N-dealkylation sites (N-methyl/N-ethyl adjacent to an activating group) is 1. The first-order chi connectivity index (χ1) is 27.5.